The number of carbonyl (C=O) groups excluding carboxylic acids is 1. The molecule has 1 saturated heterocycles. The number of ether oxygens (including phenoxy) is 1. The zero-order chi connectivity index (χ0) is 14.4. The average Bonchev–Trinajstić information content (AvgIpc) is 2.56. The maximum atomic E-state index is 14.6. The summed E-state index contributed by atoms with van der Waals surface area (Å²) in [6, 6.07) is 0. The third-order valence-electron chi connectivity index (χ3n) is 3.41. The highest BCUT2D eigenvalue weighted by atomic mass is 19.1. The smallest absolute Gasteiger partial charge is 0.253 e. The molecule has 0 aromatic carbocycles. The van der Waals surface area contributed by atoms with Crippen molar-refractivity contribution in [3.05, 3.63) is 24.2 Å². The summed E-state index contributed by atoms with van der Waals surface area (Å²) in [4.78, 5) is 12.7. The Kier molecular flexibility index (Phi) is 3.38. The molecular weight excluding hydrogens is 255 g/mol. The predicted octanol–water partition coefficient (Wildman–Crippen LogP) is -0.401. The molecular formula is C12H17FN2O4. The fourth-order valence-corrected chi connectivity index (χ4v) is 2.21. The maximum absolute atomic E-state index is 14.6. The molecule has 2 aliphatic heterocycles. The highest BCUT2D eigenvalue weighted by molar-refractivity contribution is 5.94. The quantitative estimate of drug-likeness (QED) is 0.637. The number of hydrogen-bond donors (Lipinski definition) is 3. The van der Waals surface area contributed by atoms with Gasteiger partial charge in [0.1, 0.15) is 18.0 Å². The number of nitrogens with zero attached hydrogens (tertiary/aromatic N) is 1. The molecule has 2 rings (SSSR count). The molecule has 0 bridgehead atoms. The highest BCUT2D eigenvalue weighted by Crippen LogP contribution is 2.38. The Morgan fingerprint density at radius 1 is 1.68 bits per heavy atom. The van der Waals surface area contributed by atoms with Crippen molar-refractivity contribution in [3.8, 4) is 0 Å². The van der Waals surface area contributed by atoms with Crippen LogP contribution in [-0.2, 0) is 9.53 Å². The number of carbonyl (C=O) groups is 1. The van der Waals surface area contributed by atoms with Gasteiger partial charge in [-0.1, -0.05) is 6.58 Å². The number of amides is 1. The Labute approximate surface area is 110 Å². The van der Waals surface area contributed by atoms with Gasteiger partial charge in [-0.2, -0.15) is 0 Å². The van der Waals surface area contributed by atoms with E-state index in [1.165, 1.54) is 18.0 Å². The molecule has 0 saturated carbocycles. The van der Waals surface area contributed by atoms with Gasteiger partial charge in [0.25, 0.3) is 5.91 Å². The van der Waals surface area contributed by atoms with Crippen LogP contribution in [0.5, 0.6) is 0 Å². The van der Waals surface area contributed by atoms with Gasteiger partial charge in [0.05, 0.1) is 6.61 Å². The van der Waals surface area contributed by atoms with Gasteiger partial charge in [0.15, 0.2) is 11.9 Å². The Hall–Kier alpha value is -1.44. The molecule has 0 spiro atoms. The van der Waals surface area contributed by atoms with E-state index in [0.717, 1.165) is 0 Å². The number of nitrogens with one attached hydrogen (secondary N) is 1. The van der Waals surface area contributed by atoms with Crippen LogP contribution in [0.1, 0.15) is 13.8 Å². The molecule has 0 aliphatic carbocycles. The van der Waals surface area contributed by atoms with Crippen molar-refractivity contribution in [2.45, 2.75) is 38.0 Å². The lowest BCUT2D eigenvalue weighted by Crippen LogP contribution is -2.51. The Bertz CT molecular complexity index is 449. The van der Waals surface area contributed by atoms with Gasteiger partial charge >= 0.3 is 0 Å². The van der Waals surface area contributed by atoms with Gasteiger partial charge in [-0.15, -0.1) is 0 Å². The van der Waals surface area contributed by atoms with Crippen molar-refractivity contribution in [3.63, 3.8) is 0 Å². The van der Waals surface area contributed by atoms with Crippen molar-refractivity contribution < 1.29 is 24.1 Å². The minimum atomic E-state index is -2.10. The first-order valence-corrected chi connectivity index (χ1v) is 5.89. The molecule has 0 radical (unpaired) electrons. The Balaban J connectivity index is 2.32. The molecule has 4 atom stereocenters. The number of hydrogen-bond acceptors (Lipinski definition) is 5. The van der Waals surface area contributed by atoms with E-state index in [1.54, 1.807) is 6.92 Å². The second-order valence-electron chi connectivity index (χ2n) is 4.93. The molecule has 106 valence electrons. The van der Waals surface area contributed by atoms with E-state index in [4.69, 9.17) is 9.84 Å². The number of alkyl halides is 1. The van der Waals surface area contributed by atoms with Crippen molar-refractivity contribution in [2.75, 3.05) is 6.61 Å². The molecule has 7 heteroatoms. The Morgan fingerprint density at radius 3 is 2.84 bits per heavy atom. The summed E-state index contributed by atoms with van der Waals surface area (Å²) in [5.41, 5.74) is -1.73. The van der Waals surface area contributed by atoms with Gasteiger partial charge in [0, 0.05) is 11.8 Å². The van der Waals surface area contributed by atoms with Crippen molar-refractivity contribution in [1.29, 1.82) is 0 Å². The zero-order valence-electron chi connectivity index (χ0n) is 10.8. The van der Waals surface area contributed by atoms with Crippen molar-refractivity contribution in [2.24, 2.45) is 0 Å². The summed E-state index contributed by atoms with van der Waals surface area (Å²) < 4.78 is 19.9. The van der Waals surface area contributed by atoms with Gasteiger partial charge in [-0.25, -0.2) is 4.39 Å². The summed E-state index contributed by atoms with van der Waals surface area (Å²) in [6.07, 6.45) is -2.22. The Morgan fingerprint density at radius 2 is 2.32 bits per heavy atom. The van der Waals surface area contributed by atoms with Crippen LogP contribution in [0.3, 0.4) is 0 Å². The summed E-state index contributed by atoms with van der Waals surface area (Å²) in [5, 5.41) is 21.3. The fourth-order valence-electron chi connectivity index (χ4n) is 2.21. The van der Waals surface area contributed by atoms with Crippen LogP contribution in [0.4, 0.5) is 4.39 Å². The normalized spacial score (nSPS) is 39.3. The lowest BCUT2D eigenvalue weighted by atomic mass is 9.98. The molecule has 0 aromatic heterocycles. The van der Waals surface area contributed by atoms with Crippen LogP contribution in [0.2, 0.25) is 0 Å². The second kappa shape index (κ2) is 4.59. The van der Waals surface area contributed by atoms with Gasteiger partial charge in [-0.3, -0.25) is 4.79 Å². The largest absolute Gasteiger partial charge is 0.394 e. The SMILES string of the molecule is C=C1NC(=O)C(C)=CN1[C@@H]1O[C@H](CO)[C@@H](O)[C@@]1(C)F. The van der Waals surface area contributed by atoms with E-state index in [1.807, 2.05) is 0 Å². The number of aliphatic hydroxyl groups is 2. The number of rotatable bonds is 2. The van der Waals surface area contributed by atoms with E-state index >= 15 is 0 Å². The third-order valence-corrected chi connectivity index (χ3v) is 3.41. The maximum Gasteiger partial charge on any atom is 0.253 e. The molecule has 1 amide bonds. The first-order chi connectivity index (χ1) is 8.78. The number of aliphatic hydroxyl groups excluding tert-OH is 2. The lowest BCUT2D eigenvalue weighted by molar-refractivity contribution is -0.120. The molecule has 0 unspecified atom stereocenters. The fraction of sp³-hybridized carbons (Fsp3) is 0.583. The summed E-state index contributed by atoms with van der Waals surface area (Å²) in [6.45, 7) is 5.89. The summed E-state index contributed by atoms with van der Waals surface area (Å²) in [7, 11) is 0. The summed E-state index contributed by atoms with van der Waals surface area (Å²) in [5.74, 6) is -0.158. The molecule has 2 aliphatic rings. The zero-order valence-corrected chi connectivity index (χ0v) is 10.8. The molecule has 0 aromatic rings. The van der Waals surface area contributed by atoms with E-state index in [2.05, 4.69) is 11.9 Å². The highest BCUT2D eigenvalue weighted by Gasteiger charge is 2.56. The molecule has 2 heterocycles. The van der Waals surface area contributed by atoms with Crippen LogP contribution in [0.15, 0.2) is 24.2 Å². The average molecular weight is 272 g/mol. The van der Waals surface area contributed by atoms with Crippen LogP contribution >= 0.6 is 0 Å². The predicted molar refractivity (Wildman–Crippen MR) is 64.1 cm³/mol. The van der Waals surface area contributed by atoms with Crippen molar-refractivity contribution >= 4 is 5.91 Å². The first kappa shape index (κ1) is 14.0. The molecule has 3 N–H and O–H groups in total. The van der Waals surface area contributed by atoms with E-state index < -0.39 is 30.7 Å². The minimum absolute atomic E-state index is 0.162. The van der Waals surface area contributed by atoms with Crippen LogP contribution in [-0.4, -0.2) is 51.7 Å². The van der Waals surface area contributed by atoms with Gasteiger partial charge in [0.2, 0.25) is 0 Å². The van der Waals surface area contributed by atoms with E-state index in [-0.39, 0.29) is 11.7 Å². The van der Waals surface area contributed by atoms with Crippen LogP contribution in [0.25, 0.3) is 0 Å². The van der Waals surface area contributed by atoms with Crippen LogP contribution in [0, 0.1) is 0 Å². The lowest BCUT2D eigenvalue weighted by Gasteiger charge is -2.36. The van der Waals surface area contributed by atoms with E-state index in [9.17, 15) is 14.3 Å². The monoisotopic (exact) mass is 272 g/mol. The summed E-state index contributed by atoms with van der Waals surface area (Å²) >= 11 is 0. The standard InChI is InChI=1S/C12H17FN2O4/c1-6-4-15(7(2)14-10(6)18)11-12(3,13)9(17)8(5-16)19-11/h4,8-9,11,16-17H,2,5H2,1,3H3,(H,14,18)/t8-,9-,11-,12-/m1/s1. The van der Waals surface area contributed by atoms with Crippen LogP contribution < -0.4 is 5.32 Å². The molecule has 19 heavy (non-hydrogen) atoms. The van der Waals surface area contributed by atoms with E-state index in [0.29, 0.717) is 5.57 Å². The number of halogens is 1. The minimum Gasteiger partial charge on any atom is -0.394 e. The third kappa shape index (κ3) is 2.13. The second-order valence-corrected chi connectivity index (χ2v) is 4.93. The van der Waals surface area contributed by atoms with Crippen molar-refractivity contribution in [1.82, 2.24) is 10.2 Å². The van der Waals surface area contributed by atoms with Gasteiger partial charge in [-0.05, 0) is 13.8 Å². The topological polar surface area (TPSA) is 82.0 Å². The molecule has 6 nitrogen and oxygen atoms in total. The van der Waals surface area contributed by atoms with Gasteiger partial charge < -0.3 is 25.2 Å². The first-order valence-electron chi connectivity index (χ1n) is 5.89. The molecule has 1 fully saturated rings.